The molecule has 0 spiro atoms. The fraction of sp³-hybridized carbons (Fsp3) is 0.400. The van der Waals surface area contributed by atoms with Crippen LogP contribution in [0.1, 0.15) is 48.0 Å². The van der Waals surface area contributed by atoms with E-state index >= 15 is 0 Å². The SMILES string of the molecule is C=N/C(CCCC(C)c1cc(C(=O)O)ccc1F)=N\NC. The van der Waals surface area contributed by atoms with Crippen LogP contribution >= 0.6 is 0 Å². The summed E-state index contributed by atoms with van der Waals surface area (Å²) in [5, 5.41) is 12.9. The minimum absolute atomic E-state index is 0.0787. The van der Waals surface area contributed by atoms with Gasteiger partial charge >= 0.3 is 5.97 Å². The van der Waals surface area contributed by atoms with E-state index in [1.807, 2.05) is 6.92 Å². The molecule has 1 rings (SSSR count). The molecule has 1 unspecified atom stereocenters. The Balaban J connectivity index is 2.69. The van der Waals surface area contributed by atoms with E-state index in [0.29, 0.717) is 24.2 Å². The third-order valence-corrected chi connectivity index (χ3v) is 3.23. The summed E-state index contributed by atoms with van der Waals surface area (Å²) in [7, 11) is 1.68. The predicted octanol–water partition coefficient (Wildman–Crippen LogP) is 3.03. The van der Waals surface area contributed by atoms with E-state index in [2.05, 4.69) is 22.2 Å². The summed E-state index contributed by atoms with van der Waals surface area (Å²) in [6.07, 6.45) is 2.10. The van der Waals surface area contributed by atoms with Crippen molar-refractivity contribution >= 4 is 18.5 Å². The lowest BCUT2D eigenvalue weighted by Gasteiger charge is -2.13. The number of amidine groups is 1. The van der Waals surface area contributed by atoms with E-state index in [-0.39, 0.29) is 17.3 Å². The Morgan fingerprint density at radius 2 is 2.24 bits per heavy atom. The number of aliphatic imine (C=N–C) groups is 1. The molecular weight excluding hydrogens is 273 g/mol. The van der Waals surface area contributed by atoms with Crippen molar-refractivity contribution < 1.29 is 14.3 Å². The highest BCUT2D eigenvalue weighted by Gasteiger charge is 2.14. The van der Waals surface area contributed by atoms with Crippen LogP contribution in [0.4, 0.5) is 4.39 Å². The van der Waals surface area contributed by atoms with E-state index in [1.54, 1.807) is 7.05 Å². The molecule has 0 bridgehead atoms. The third-order valence-electron chi connectivity index (χ3n) is 3.23. The van der Waals surface area contributed by atoms with Gasteiger partial charge in [0.1, 0.15) is 11.7 Å². The first-order valence-corrected chi connectivity index (χ1v) is 6.72. The lowest BCUT2D eigenvalue weighted by molar-refractivity contribution is 0.0696. The van der Waals surface area contributed by atoms with Gasteiger partial charge in [-0.1, -0.05) is 6.92 Å². The molecule has 114 valence electrons. The van der Waals surface area contributed by atoms with Gasteiger partial charge in [-0.2, -0.15) is 5.10 Å². The van der Waals surface area contributed by atoms with E-state index < -0.39 is 5.97 Å². The molecule has 21 heavy (non-hydrogen) atoms. The number of hydrogen-bond acceptors (Lipinski definition) is 3. The van der Waals surface area contributed by atoms with E-state index in [4.69, 9.17) is 5.11 Å². The van der Waals surface area contributed by atoms with Crippen LogP contribution in [-0.4, -0.2) is 30.7 Å². The van der Waals surface area contributed by atoms with Crippen molar-refractivity contribution in [1.82, 2.24) is 5.43 Å². The average molecular weight is 293 g/mol. The molecule has 6 heteroatoms. The molecule has 0 amide bonds. The zero-order valence-corrected chi connectivity index (χ0v) is 12.3. The fourth-order valence-corrected chi connectivity index (χ4v) is 2.08. The number of halogens is 1. The molecule has 0 saturated heterocycles. The molecule has 0 aliphatic rings. The van der Waals surface area contributed by atoms with Gasteiger partial charge in [0.15, 0.2) is 0 Å². The highest BCUT2D eigenvalue weighted by molar-refractivity contribution is 5.87. The van der Waals surface area contributed by atoms with Gasteiger partial charge in [-0.15, -0.1) is 0 Å². The summed E-state index contributed by atoms with van der Waals surface area (Å²) in [6, 6.07) is 3.87. The number of carboxylic acid groups (broad SMARTS) is 1. The number of hydrazone groups is 1. The molecule has 0 aliphatic carbocycles. The number of carboxylic acids is 1. The van der Waals surface area contributed by atoms with Crippen LogP contribution < -0.4 is 5.43 Å². The molecule has 0 aliphatic heterocycles. The van der Waals surface area contributed by atoms with E-state index in [9.17, 15) is 9.18 Å². The number of carbonyl (C=O) groups is 1. The molecule has 0 aromatic heterocycles. The van der Waals surface area contributed by atoms with Crippen LogP contribution in [0.2, 0.25) is 0 Å². The third kappa shape index (κ3) is 4.98. The normalized spacial score (nSPS) is 12.8. The van der Waals surface area contributed by atoms with Gasteiger partial charge in [0.2, 0.25) is 0 Å². The average Bonchev–Trinajstić information content (AvgIpc) is 2.46. The first-order chi connectivity index (χ1) is 9.99. The molecule has 0 fully saturated rings. The minimum Gasteiger partial charge on any atom is -0.478 e. The van der Waals surface area contributed by atoms with Crippen LogP contribution in [0.15, 0.2) is 28.3 Å². The predicted molar refractivity (Wildman–Crippen MR) is 81.7 cm³/mol. The van der Waals surface area contributed by atoms with E-state index in [0.717, 1.165) is 6.42 Å². The maximum absolute atomic E-state index is 13.8. The van der Waals surface area contributed by atoms with Crippen LogP contribution in [0.25, 0.3) is 0 Å². The van der Waals surface area contributed by atoms with Crippen molar-refractivity contribution in [2.75, 3.05) is 7.05 Å². The monoisotopic (exact) mass is 293 g/mol. The number of rotatable bonds is 7. The second kappa shape index (κ2) is 8.14. The largest absolute Gasteiger partial charge is 0.478 e. The standard InChI is InChI=1S/C15H20FN3O2/c1-10(5-4-6-14(17-2)19-18-3)12-9-11(15(20)21)7-8-13(12)16/h7-10,18H,2,4-6H2,1,3H3,(H,20,21)/b19-14-. The summed E-state index contributed by atoms with van der Waals surface area (Å²) < 4.78 is 13.8. The van der Waals surface area contributed by atoms with Gasteiger partial charge in [0, 0.05) is 13.5 Å². The fourth-order valence-electron chi connectivity index (χ4n) is 2.08. The molecule has 0 heterocycles. The Labute approximate surface area is 123 Å². The number of nitrogens with one attached hydrogen (secondary N) is 1. The first-order valence-electron chi connectivity index (χ1n) is 6.72. The van der Waals surface area contributed by atoms with Gasteiger partial charge in [-0.05, 0) is 49.2 Å². The first kappa shape index (κ1) is 16.8. The Bertz CT molecular complexity index is 544. The van der Waals surface area contributed by atoms with Crippen molar-refractivity contribution in [3.05, 3.63) is 35.1 Å². The number of nitrogens with zero attached hydrogens (tertiary/aromatic N) is 2. The molecular formula is C15H20FN3O2. The summed E-state index contributed by atoms with van der Waals surface area (Å²) in [6.45, 7) is 5.31. The Kier molecular flexibility index (Phi) is 6.52. The maximum Gasteiger partial charge on any atom is 0.335 e. The lowest BCUT2D eigenvalue weighted by Crippen LogP contribution is -2.05. The summed E-state index contributed by atoms with van der Waals surface area (Å²) in [4.78, 5) is 14.7. The van der Waals surface area contributed by atoms with Crippen LogP contribution in [-0.2, 0) is 0 Å². The smallest absolute Gasteiger partial charge is 0.335 e. The van der Waals surface area contributed by atoms with Crippen molar-refractivity contribution in [2.24, 2.45) is 10.1 Å². The van der Waals surface area contributed by atoms with Gasteiger partial charge in [-0.25, -0.2) is 14.2 Å². The minimum atomic E-state index is -1.05. The van der Waals surface area contributed by atoms with Crippen molar-refractivity contribution in [2.45, 2.75) is 32.1 Å². The highest BCUT2D eigenvalue weighted by atomic mass is 19.1. The zero-order chi connectivity index (χ0) is 15.8. The van der Waals surface area contributed by atoms with E-state index in [1.165, 1.54) is 18.2 Å². The molecule has 2 N–H and O–H groups in total. The highest BCUT2D eigenvalue weighted by Crippen LogP contribution is 2.25. The van der Waals surface area contributed by atoms with Gasteiger partial charge in [-0.3, -0.25) is 0 Å². The molecule has 0 radical (unpaired) electrons. The summed E-state index contributed by atoms with van der Waals surface area (Å²) in [5.41, 5.74) is 3.17. The number of aromatic carboxylic acids is 1. The summed E-state index contributed by atoms with van der Waals surface area (Å²) >= 11 is 0. The number of hydrogen-bond donors (Lipinski definition) is 2. The van der Waals surface area contributed by atoms with Gasteiger partial charge in [0.25, 0.3) is 0 Å². The quantitative estimate of drug-likeness (QED) is 0.461. The van der Waals surface area contributed by atoms with Crippen LogP contribution in [0, 0.1) is 5.82 Å². The molecule has 5 nitrogen and oxygen atoms in total. The molecule has 1 atom stereocenters. The van der Waals surface area contributed by atoms with Gasteiger partial charge in [0.05, 0.1) is 5.56 Å². The van der Waals surface area contributed by atoms with Crippen molar-refractivity contribution in [1.29, 1.82) is 0 Å². The topological polar surface area (TPSA) is 74.0 Å². The van der Waals surface area contributed by atoms with Crippen molar-refractivity contribution in [3.63, 3.8) is 0 Å². The lowest BCUT2D eigenvalue weighted by atomic mass is 9.93. The summed E-state index contributed by atoms with van der Waals surface area (Å²) in [5.74, 6) is -0.907. The van der Waals surface area contributed by atoms with Gasteiger partial charge < -0.3 is 10.5 Å². The molecule has 1 aromatic rings. The Morgan fingerprint density at radius 1 is 1.52 bits per heavy atom. The Hall–Kier alpha value is -2.24. The van der Waals surface area contributed by atoms with Crippen molar-refractivity contribution in [3.8, 4) is 0 Å². The second-order valence-electron chi connectivity index (χ2n) is 4.74. The van der Waals surface area contributed by atoms with Crippen LogP contribution in [0.3, 0.4) is 0 Å². The zero-order valence-electron chi connectivity index (χ0n) is 12.3. The molecule has 0 saturated carbocycles. The molecule has 1 aromatic carbocycles. The second-order valence-corrected chi connectivity index (χ2v) is 4.74. The Morgan fingerprint density at radius 3 is 2.81 bits per heavy atom. The van der Waals surface area contributed by atoms with Crippen LogP contribution in [0.5, 0.6) is 0 Å². The maximum atomic E-state index is 13.8. The number of benzene rings is 1.